The highest BCUT2D eigenvalue weighted by Crippen LogP contribution is 2.09. The van der Waals surface area contributed by atoms with Crippen LogP contribution in [0, 0.1) is 0 Å². The van der Waals surface area contributed by atoms with Crippen LogP contribution >= 0.6 is 0 Å². The number of carbonyl (C=O) groups excluding carboxylic acids is 1. The number of nitrogens with one attached hydrogen (secondary N) is 1. The first-order valence-electron chi connectivity index (χ1n) is 4.85. The third kappa shape index (κ3) is 3.27. The van der Waals surface area contributed by atoms with E-state index in [1.165, 1.54) is 7.11 Å². The fourth-order valence-electron chi connectivity index (χ4n) is 1.15. The van der Waals surface area contributed by atoms with E-state index in [0.717, 1.165) is 0 Å². The summed E-state index contributed by atoms with van der Waals surface area (Å²) in [6.07, 6.45) is 0. The Morgan fingerprint density at radius 3 is 2.36 bits per heavy atom. The number of rotatable bonds is 5. The Kier molecular flexibility index (Phi) is 5.08. The van der Waals surface area contributed by atoms with Crippen molar-refractivity contribution in [2.45, 2.75) is 32.4 Å². The van der Waals surface area contributed by atoms with Crippen LogP contribution in [-0.4, -0.2) is 50.2 Å². The molecule has 0 aliphatic rings. The normalized spacial score (nSPS) is 15.7. The number of likely N-dealkylation sites (N-methyl/N-ethyl adjacent to an activating group) is 2. The molecule has 84 valence electrons. The van der Waals surface area contributed by atoms with Crippen LogP contribution in [0.15, 0.2) is 0 Å². The Morgan fingerprint density at radius 2 is 2.07 bits per heavy atom. The van der Waals surface area contributed by atoms with Gasteiger partial charge in [0.1, 0.15) is 5.54 Å². The molecule has 4 heteroatoms. The van der Waals surface area contributed by atoms with Crippen molar-refractivity contribution in [2.75, 3.05) is 27.7 Å². The van der Waals surface area contributed by atoms with Crippen LogP contribution in [0.4, 0.5) is 0 Å². The van der Waals surface area contributed by atoms with Crippen molar-refractivity contribution in [1.82, 2.24) is 10.2 Å². The summed E-state index contributed by atoms with van der Waals surface area (Å²) < 4.78 is 4.76. The highest BCUT2D eigenvalue weighted by atomic mass is 16.5. The van der Waals surface area contributed by atoms with Crippen molar-refractivity contribution in [3.8, 4) is 0 Å². The molecule has 0 fully saturated rings. The summed E-state index contributed by atoms with van der Waals surface area (Å²) in [4.78, 5) is 13.6. The molecule has 0 bridgehead atoms. The van der Waals surface area contributed by atoms with E-state index >= 15 is 0 Å². The minimum Gasteiger partial charge on any atom is -0.468 e. The summed E-state index contributed by atoms with van der Waals surface area (Å²) in [6.45, 7) is 6.66. The smallest absolute Gasteiger partial charge is 0.327 e. The Labute approximate surface area is 86.6 Å². The van der Waals surface area contributed by atoms with Crippen molar-refractivity contribution in [1.29, 1.82) is 0 Å². The number of hydrogen-bond donors (Lipinski definition) is 1. The fourth-order valence-corrected chi connectivity index (χ4v) is 1.15. The zero-order chi connectivity index (χ0) is 11.4. The largest absolute Gasteiger partial charge is 0.468 e. The van der Waals surface area contributed by atoms with Crippen LogP contribution in [0.1, 0.15) is 20.8 Å². The minimum atomic E-state index is -0.631. The Hall–Kier alpha value is -0.610. The number of nitrogens with zero attached hydrogens (tertiary/aromatic N) is 1. The number of methoxy groups -OCH3 is 1. The molecule has 1 unspecified atom stereocenters. The maximum Gasteiger partial charge on any atom is 0.327 e. The molecule has 0 rings (SSSR count). The summed E-state index contributed by atoms with van der Waals surface area (Å²) >= 11 is 0. The molecule has 0 spiro atoms. The summed E-state index contributed by atoms with van der Waals surface area (Å²) in [6, 6.07) is 0.410. The SMILES string of the molecule is CNC(C)(CN(C)C(C)C)C(=O)OC. The highest BCUT2D eigenvalue weighted by molar-refractivity contribution is 5.80. The van der Waals surface area contributed by atoms with Gasteiger partial charge in [-0.2, -0.15) is 0 Å². The van der Waals surface area contributed by atoms with Crippen LogP contribution in [0.25, 0.3) is 0 Å². The van der Waals surface area contributed by atoms with E-state index in [4.69, 9.17) is 4.74 Å². The summed E-state index contributed by atoms with van der Waals surface area (Å²) in [7, 11) is 5.17. The van der Waals surface area contributed by atoms with Gasteiger partial charge >= 0.3 is 5.97 Å². The maximum absolute atomic E-state index is 11.5. The third-order valence-electron chi connectivity index (χ3n) is 2.63. The first-order valence-corrected chi connectivity index (χ1v) is 4.85. The molecule has 1 N–H and O–H groups in total. The van der Waals surface area contributed by atoms with Crippen molar-refractivity contribution in [2.24, 2.45) is 0 Å². The van der Waals surface area contributed by atoms with E-state index < -0.39 is 5.54 Å². The predicted octanol–water partition coefficient (Wildman–Crippen LogP) is 0.478. The van der Waals surface area contributed by atoms with Gasteiger partial charge in [0.25, 0.3) is 0 Å². The number of hydrogen-bond acceptors (Lipinski definition) is 4. The van der Waals surface area contributed by atoms with Crippen molar-refractivity contribution >= 4 is 5.97 Å². The van der Waals surface area contributed by atoms with Crippen molar-refractivity contribution in [3.05, 3.63) is 0 Å². The molecule has 0 aliphatic carbocycles. The molecule has 0 saturated carbocycles. The standard InChI is InChI=1S/C10H22N2O2/c1-8(2)12(5)7-10(3,11-4)9(13)14-6/h8,11H,7H2,1-6H3. The molecule has 0 aromatic carbocycles. The van der Waals surface area contributed by atoms with Gasteiger partial charge < -0.3 is 15.0 Å². The second-order valence-corrected chi connectivity index (χ2v) is 4.08. The first kappa shape index (κ1) is 13.4. The molecular weight excluding hydrogens is 180 g/mol. The van der Waals surface area contributed by atoms with Crippen molar-refractivity contribution in [3.63, 3.8) is 0 Å². The van der Waals surface area contributed by atoms with Crippen LogP contribution in [0.5, 0.6) is 0 Å². The van der Waals surface area contributed by atoms with Crippen LogP contribution in [0.3, 0.4) is 0 Å². The first-order chi connectivity index (χ1) is 6.37. The molecule has 0 heterocycles. The molecule has 0 aromatic heterocycles. The molecule has 0 saturated heterocycles. The van der Waals surface area contributed by atoms with E-state index in [0.29, 0.717) is 12.6 Å². The molecule has 1 atom stereocenters. The van der Waals surface area contributed by atoms with Crippen LogP contribution in [0.2, 0.25) is 0 Å². The lowest BCUT2D eigenvalue weighted by Gasteiger charge is -2.32. The lowest BCUT2D eigenvalue weighted by Crippen LogP contribution is -2.56. The quantitative estimate of drug-likeness (QED) is 0.658. The second kappa shape index (κ2) is 5.32. The zero-order valence-corrected chi connectivity index (χ0v) is 10.0. The van der Waals surface area contributed by atoms with Gasteiger partial charge in [-0.25, -0.2) is 0 Å². The second-order valence-electron chi connectivity index (χ2n) is 4.08. The molecule has 0 aromatic rings. The monoisotopic (exact) mass is 202 g/mol. The number of ether oxygens (including phenoxy) is 1. The summed E-state index contributed by atoms with van der Waals surface area (Å²) in [5.41, 5.74) is -0.631. The highest BCUT2D eigenvalue weighted by Gasteiger charge is 2.34. The Bertz CT molecular complexity index is 195. The number of carbonyl (C=O) groups is 1. The summed E-state index contributed by atoms with van der Waals surface area (Å²) in [5.74, 6) is -0.229. The minimum absolute atomic E-state index is 0.229. The average molecular weight is 202 g/mol. The predicted molar refractivity (Wildman–Crippen MR) is 57.2 cm³/mol. The van der Waals surface area contributed by atoms with E-state index in [9.17, 15) is 4.79 Å². The van der Waals surface area contributed by atoms with Gasteiger partial charge in [-0.05, 0) is 34.9 Å². The third-order valence-corrected chi connectivity index (χ3v) is 2.63. The molecule has 14 heavy (non-hydrogen) atoms. The molecule has 0 amide bonds. The van der Waals surface area contributed by atoms with Gasteiger partial charge in [0.15, 0.2) is 0 Å². The van der Waals surface area contributed by atoms with Crippen LogP contribution < -0.4 is 5.32 Å². The Morgan fingerprint density at radius 1 is 1.57 bits per heavy atom. The van der Waals surface area contributed by atoms with Crippen LogP contribution in [-0.2, 0) is 9.53 Å². The fraction of sp³-hybridized carbons (Fsp3) is 0.900. The van der Waals surface area contributed by atoms with Gasteiger partial charge in [0.05, 0.1) is 7.11 Å². The number of esters is 1. The van der Waals surface area contributed by atoms with E-state index in [1.807, 2.05) is 14.0 Å². The van der Waals surface area contributed by atoms with E-state index in [-0.39, 0.29) is 5.97 Å². The molecule has 0 aliphatic heterocycles. The van der Waals surface area contributed by atoms with Gasteiger partial charge in [0, 0.05) is 12.6 Å². The average Bonchev–Trinajstić information content (AvgIpc) is 2.15. The molecule has 4 nitrogen and oxygen atoms in total. The Balaban J connectivity index is 4.47. The molecule has 0 radical (unpaired) electrons. The summed E-state index contributed by atoms with van der Waals surface area (Å²) in [5, 5.41) is 3.00. The molecular formula is C10H22N2O2. The maximum atomic E-state index is 11.5. The van der Waals surface area contributed by atoms with Gasteiger partial charge in [-0.3, -0.25) is 4.79 Å². The van der Waals surface area contributed by atoms with Gasteiger partial charge in [-0.15, -0.1) is 0 Å². The van der Waals surface area contributed by atoms with Crippen molar-refractivity contribution < 1.29 is 9.53 Å². The lowest BCUT2D eigenvalue weighted by molar-refractivity contribution is -0.148. The van der Waals surface area contributed by atoms with E-state index in [1.54, 1.807) is 7.05 Å². The zero-order valence-electron chi connectivity index (χ0n) is 10.0. The van der Waals surface area contributed by atoms with E-state index in [2.05, 4.69) is 24.1 Å². The van der Waals surface area contributed by atoms with Gasteiger partial charge in [-0.1, -0.05) is 0 Å². The lowest BCUT2D eigenvalue weighted by atomic mass is 10.0. The topological polar surface area (TPSA) is 41.6 Å². The van der Waals surface area contributed by atoms with Gasteiger partial charge in [0.2, 0.25) is 0 Å².